The van der Waals surface area contributed by atoms with E-state index in [1.54, 1.807) is 37.5 Å². The van der Waals surface area contributed by atoms with Crippen LogP contribution in [0, 0.1) is 11.3 Å². The Morgan fingerprint density at radius 3 is 3.07 bits per heavy atom. The Bertz CT molecular complexity index is 404. The Morgan fingerprint density at radius 2 is 2.53 bits per heavy atom. The van der Waals surface area contributed by atoms with Crippen molar-refractivity contribution in [2.45, 2.75) is 6.92 Å². The lowest BCUT2D eigenvalue weighted by molar-refractivity contribution is -0.137. The van der Waals surface area contributed by atoms with Crippen LogP contribution in [-0.2, 0) is 9.53 Å². The minimum absolute atomic E-state index is 0.0233. The lowest BCUT2D eigenvalue weighted by Gasteiger charge is -1.98. The molecular weight excluding hydrogens is 192 g/mol. The molecule has 1 rings (SSSR count). The molecule has 0 aliphatic carbocycles. The van der Waals surface area contributed by atoms with Crippen molar-refractivity contribution < 1.29 is 9.53 Å². The van der Waals surface area contributed by atoms with Gasteiger partial charge in [0.1, 0.15) is 11.6 Å². The van der Waals surface area contributed by atoms with E-state index in [1.165, 1.54) is 6.08 Å². The maximum Gasteiger partial charge on any atom is 0.348 e. The van der Waals surface area contributed by atoms with Gasteiger partial charge < -0.3 is 4.74 Å². The van der Waals surface area contributed by atoms with E-state index < -0.39 is 5.97 Å². The van der Waals surface area contributed by atoms with E-state index in [1.807, 2.05) is 0 Å². The Balaban J connectivity index is 2.89. The number of ether oxygens (including phenoxy) is 1. The molecule has 0 bridgehead atoms. The molecule has 0 amide bonds. The topological polar surface area (TPSA) is 63.0 Å². The molecule has 0 saturated carbocycles. The summed E-state index contributed by atoms with van der Waals surface area (Å²) < 4.78 is 4.72. The van der Waals surface area contributed by atoms with Crippen LogP contribution in [0.4, 0.5) is 0 Å². The van der Waals surface area contributed by atoms with Crippen LogP contribution in [0.25, 0.3) is 6.08 Å². The molecule has 0 aliphatic heterocycles. The number of carbonyl (C=O) groups excluding carboxylic acids is 1. The summed E-state index contributed by atoms with van der Waals surface area (Å²) in [5.74, 6) is -0.608. The molecule has 0 atom stereocenters. The van der Waals surface area contributed by atoms with Crippen molar-refractivity contribution in [2.75, 3.05) is 6.61 Å². The van der Waals surface area contributed by atoms with Gasteiger partial charge in [-0.3, -0.25) is 4.98 Å². The number of hydrogen-bond acceptors (Lipinski definition) is 4. The van der Waals surface area contributed by atoms with Gasteiger partial charge in [-0.15, -0.1) is 0 Å². The van der Waals surface area contributed by atoms with Crippen molar-refractivity contribution in [3.05, 3.63) is 35.7 Å². The zero-order valence-electron chi connectivity index (χ0n) is 8.30. The average Bonchev–Trinajstić information content (AvgIpc) is 2.27. The summed E-state index contributed by atoms with van der Waals surface area (Å²) in [6.45, 7) is 1.95. The lowest BCUT2D eigenvalue weighted by atomic mass is 10.2. The zero-order chi connectivity index (χ0) is 11.1. The fourth-order valence-electron chi connectivity index (χ4n) is 0.974. The second-order valence-corrected chi connectivity index (χ2v) is 2.68. The highest BCUT2D eigenvalue weighted by molar-refractivity contribution is 5.97. The molecule has 0 aliphatic rings. The van der Waals surface area contributed by atoms with Gasteiger partial charge in [0.15, 0.2) is 0 Å². The van der Waals surface area contributed by atoms with E-state index in [-0.39, 0.29) is 12.2 Å². The van der Waals surface area contributed by atoms with E-state index in [0.717, 1.165) is 0 Å². The largest absolute Gasteiger partial charge is 0.462 e. The summed E-state index contributed by atoms with van der Waals surface area (Å²) in [5, 5.41) is 8.74. The van der Waals surface area contributed by atoms with Gasteiger partial charge in [0.05, 0.1) is 6.61 Å². The normalized spacial score (nSPS) is 10.5. The van der Waals surface area contributed by atoms with Gasteiger partial charge in [0.25, 0.3) is 0 Å². The maximum atomic E-state index is 11.2. The van der Waals surface area contributed by atoms with Crippen LogP contribution >= 0.6 is 0 Å². The number of esters is 1. The summed E-state index contributed by atoms with van der Waals surface area (Å²) in [7, 11) is 0. The molecule has 4 nitrogen and oxygen atoms in total. The first kappa shape index (κ1) is 10.9. The van der Waals surface area contributed by atoms with Crippen molar-refractivity contribution >= 4 is 12.0 Å². The molecule has 15 heavy (non-hydrogen) atoms. The van der Waals surface area contributed by atoms with Crippen molar-refractivity contribution in [1.29, 1.82) is 5.26 Å². The first-order chi connectivity index (χ1) is 7.27. The molecule has 0 aromatic carbocycles. The number of pyridine rings is 1. The van der Waals surface area contributed by atoms with Crippen LogP contribution in [0.1, 0.15) is 12.5 Å². The fourth-order valence-corrected chi connectivity index (χ4v) is 0.974. The molecule has 1 aromatic heterocycles. The molecule has 4 heteroatoms. The number of aromatic nitrogens is 1. The van der Waals surface area contributed by atoms with Gasteiger partial charge in [0.2, 0.25) is 0 Å². The SMILES string of the molecule is CCOC(=O)C(C#N)=Cc1cccnc1. The van der Waals surface area contributed by atoms with Gasteiger partial charge in [0, 0.05) is 12.4 Å². The minimum Gasteiger partial charge on any atom is -0.462 e. The van der Waals surface area contributed by atoms with Gasteiger partial charge >= 0.3 is 5.97 Å². The third-order valence-electron chi connectivity index (χ3n) is 1.61. The Morgan fingerprint density at radius 1 is 1.73 bits per heavy atom. The molecule has 0 fully saturated rings. The summed E-state index contributed by atoms with van der Waals surface area (Å²) in [5.41, 5.74) is 0.673. The lowest BCUT2D eigenvalue weighted by Crippen LogP contribution is -2.05. The van der Waals surface area contributed by atoms with Crippen LogP contribution in [0.15, 0.2) is 30.1 Å². The highest BCUT2D eigenvalue weighted by atomic mass is 16.5. The van der Waals surface area contributed by atoms with Gasteiger partial charge in [-0.2, -0.15) is 5.26 Å². The molecule has 1 heterocycles. The van der Waals surface area contributed by atoms with Crippen LogP contribution < -0.4 is 0 Å². The molecule has 1 aromatic rings. The first-order valence-corrected chi connectivity index (χ1v) is 4.47. The number of nitrogens with zero attached hydrogens (tertiary/aromatic N) is 2. The second kappa shape index (κ2) is 5.55. The molecule has 0 N–H and O–H groups in total. The van der Waals surface area contributed by atoms with E-state index >= 15 is 0 Å². The predicted octanol–water partition coefficient (Wildman–Crippen LogP) is 1.55. The third-order valence-corrected chi connectivity index (χ3v) is 1.61. The van der Waals surface area contributed by atoms with Crippen LogP contribution in [0.3, 0.4) is 0 Å². The summed E-state index contributed by atoms with van der Waals surface area (Å²) >= 11 is 0. The van der Waals surface area contributed by atoms with Gasteiger partial charge in [-0.25, -0.2) is 4.79 Å². The van der Waals surface area contributed by atoms with Crippen LogP contribution in [0.5, 0.6) is 0 Å². The van der Waals surface area contributed by atoms with Crippen LogP contribution in [0.2, 0.25) is 0 Å². The maximum absolute atomic E-state index is 11.2. The second-order valence-electron chi connectivity index (χ2n) is 2.68. The van der Waals surface area contributed by atoms with E-state index in [4.69, 9.17) is 10.00 Å². The smallest absolute Gasteiger partial charge is 0.348 e. The monoisotopic (exact) mass is 202 g/mol. The minimum atomic E-state index is -0.608. The van der Waals surface area contributed by atoms with E-state index in [0.29, 0.717) is 5.56 Å². The number of rotatable bonds is 3. The fraction of sp³-hybridized carbons (Fsp3) is 0.182. The highest BCUT2D eigenvalue weighted by Gasteiger charge is 2.09. The Kier molecular flexibility index (Phi) is 4.05. The van der Waals surface area contributed by atoms with E-state index in [2.05, 4.69) is 4.98 Å². The Labute approximate surface area is 87.8 Å². The molecule has 0 unspecified atom stereocenters. The number of hydrogen-bond donors (Lipinski definition) is 0. The molecule has 0 spiro atoms. The zero-order valence-corrected chi connectivity index (χ0v) is 8.30. The number of nitriles is 1. The summed E-state index contributed by atoms with van der Waals surface area (Å²) in [4.78, 5) is 15.1. The van der Waals surface area contributed by atoms with Crippen molar-refractivity contribution in [3.8, 4) is 6.07 Å². The summed E-state index contributed by atoms with van der Waals surface area (Å²) in [6, 6.07) is 5.28. The van der Waals surface area contributed by atoms with Crippen molar-refractivity contribution in [3.63, 3.8) is 0 Å². The van der Waals surface area contributed by atoms with Gasteiger partial charge in [-0.05, 0) is 24.6 Å². The first-order valence-electron chi connectivity index (χ1n) is 4.47. The standard InChI is InChI=1S/C11H10N2O2/c1-2-15-11(14)10(7-12)6-9-4-3-5-13-8-9/h3-6,8H,2H2,1H3. The molecule has 0 radical (unpaired) electrons. The average molecular weight is 202 g/mol. The quantitative estimate of drug-likeness (QED) is 0.424. The summed E-state index contributed by atoms with van der Waals surface area (Å²) in [6.07, 6.45) is 4.63. The van der Waals surface area contributed by atoms with Crippen molar-refractivity contribution in [2.24, 2.45) is 0 Å². The molecule has 0 saturated heterocycles. The van der Waals surface area contributed by atoms with Crippen molar-refractivity contribution in [1.82, 2.24) is 4.98 Å². The van der Waals surface area contributed by atoms with Crippen LogP contribution in [-0.4, -0.2) is 17.6 Å². The highest BCUT2D eigenvalue weighted by Crippen LogP contribution is 2.06. The number of carbonyl (C=O) groups is 1. The molecule has 76 valence electrons. The third kappa shape index (κ3) is 3.24. The Hall–Kier alpha value is -2.15. The predicted molar refractivity (Wildman–Crippen MR) is 54.5 cm³/mol. The van der Waals surface area contributed by atoms with Gasteiger partial charge in [-0.1, -0.05) is 6.07 Å². The van der Waals surface area contributed by atoms with E-state index in [9.17, 15) is 4.79 Å². The molecular formula is C11H10N2O2.